The molecule has 0 rings (SSSR count). The van der Waals surface area contributed by atoms with Gasteiger partial charge in [-0.3, -0.25) is 24.0 Å². The number of thiol groups is 1. The molecule has 0 aliphatic carbocycles. The SMILES string of the molecule is N[C@@H](CSN[C@@H](CCC(=O)N[C@@H](CS)C(=O)NCC(=O)O)C(=O)O)C(=O)O. The van der Waals surface area contributed by atoms with E-state index in [0.29, 0.717) is 0 Å². The van der Waals surface area contributed by atoms with Crippen LogP contribution >= 0.6 is 24.6 Å². The predicted octanol–water partition coefficient (Wildman–Crippen LogP) is -2.52. The molecule has 0 saturated carbocycles. The Labute approximate surface area is 164 Å². The molecule has 0 spiro atoms. The molecule has 8 N–H and O–H groups in total. The molecule has 0 saturated heterocycles. The number of hydrogen-bond acceptors (Lipinski definition) is 9. The summed E-state index contributed by atoms with van der Waals surface area (Å²) in [5, 5.41) is 30.7. The fraction of sp³-hybridized carbons (Fsp3) is 0.615. The summed E-state index contributed by atoms with van der Waals surface area (Å²) in [4.78, 5) is 55.8. The second kappa shape index (κ2) is 13.2. The fourth-order valence-electron chi connectivity index (χ4n) is 1.56. The van der Waals surface area contributed by atoms with E-state index in [0.717, 1.165) is 11.9 Å². The molecule has 0 aliphatic heterocycles. The summed E-state index contributed by atoms with van der Waals surface area (Å²) in [5.74, 6) is -5.23. The highest BCUT2D eigenvalue weighted by molar-refractivity contribution is 7.97. The van der Waals surface area contributed by atoms with E-state index in [1.54, 1.807) is 0 Å². The van der Waals surface area contributed by atoms with Crippen molar-refractivity contribution in [1.82, 2.24) is 15.4 Å². The van der Waals surface area contributed by atoms with Gasteiger partial charge in [0.15, 0.2) is 0 Å². The van der Waals surface area contributed by atoms with Crippen LogP contribution in [0.5, 0.6) is 0 Å². The fourth-order valence-corrected chi connectivity index (χ4v) is 2.66. The summed E-state index contributed by atoms with van der Waals surface area (Å²) < 4.78 is 2.52. The number of carboxylic acids is 3. The Hall–Kier alpha value is -2.03. The lowest BCUT2D eigenvalue weighted by atomic mass is 10.1. The summed E-state index contributed by atoms with van der Waals surface area (Å²) >= 11 is 4.71. The number of amides is 2. The van der Waals surface area contributed by atoms with E-state index < -0.39 is 54.4 Å². The van der Waals surface area contributed by atoms with Gasteiger partial charge in [-0.15, -0.1) is 0 Å². The van der Waals surface area contributed by atoms with Crippen molar-refractivity contribution in [3.63, 3.8) is 0 Å². The van der Waals surface area contributed by atoms with E-state index in [9.17, 15) is 24.0 Å². The number of nitrogens with two attached hydrogens (primary N) is 1. The lowest BCUT2D eigenvalue weighted by Crippen LogP contribution is -2.49. The maximum Gasteiger partial charge on any atom is 0.322 e. The molecule has 27 heavy (non-hydrogen) atoms. The summed E-state index contributed by atoms with van der Waals surface area (Å²) in [6.07, 6.45) is -0.376. The Morgan fingerprint density at radius 1 is 1.04 bits per heavy atom. The quantitative estimate of drug-likeness (QED) is 0.107. The number of carbonyl (C=O) groups is 5. The zero-order valence-electron chi connectivity index (χ0n) is 14.1. The molecule has 0 fully saturated rings. The summed E-state index contributed by atoms with van der Waals surface area (Å²) in [5.41, 5.74) is 5.29. The Kier molecular flexibility index (Phi) is 12.2. The summed E-state index contributed by atoms with van der Waals surface area (Å²) in [6.45, 7) is -0.611. The number of hydrogen-bond donors (Lipinski definition) is 8. The third-order valence-corrected chi connectivity index (χ3v) is 4.35. The lowest BCUT2D eigenvalue weighted by molar-refractivity contribution is -0.139. The molecule has 14 heteroatoms. The normalized spacial score (nSPS) is 13.9. The number of aliphatic carboxylic acids is 3. The van der Waals surface area contributed by atoms with Crippen molar-refractivity contribution in [1.29, 1.82) is 0 Å². The first-order chi connectivity index (χ1) is 12.6. The van der Waals surface area contributed by atoms with Crippen molar-refractivity contribution in [3.8, 4) is 0 Å². The predicted molar refractivity (Wildman–Crippen MR) is 98.3 cm³/mol. The highest BCUT2D eigenvalue weighted by Gasteiger charge is 2.23. The zero-order chi connectivity index (χ0) is 21.0. The Morgan fingerprint density at radius 2 is 1.67 bits per heavy atom. The number of nitrogens with one attached hydrogen (secondary N) is 3. The molecule has 0 aromatic heterocycles. The first kappa shape index (κ1) is 25.0. The summed E-state index contributed by atoms with van der Waals surface area (Å²) in [7, 11) is 0. The molecule has 2 amide bonds. The van der Waals surface area contributed by atoms with Gasteiger partial charge in [0.25, 0.3) is 0 Å². The van der Waals surface area contributed by atoms with Gasteiger partial charge >= 0.3 is 17.9 Å². The Bertz CT molecular complexity index is 562. The topological polar surface area (TPSA) is 208 Å². The second-order valence-electron chi connectivity index (χ2n) is 5.22. The highest BCUT2D eigenvalue weighted by Crippen LogP contribution is 2.05. The standard InChI is InChI=1S/C13H22N4O8S2/c14-6(12(22)23)5-27-17-7(13(24)25)1-2-9(18)16-8(4-26)11(21)15-3-10(19)20/h6-8,17,26H,1-5,14H2,(H,15,21)(H,16,18)(H,19,20)(H,22,23)(H,24,25)/t6-,7-,8-/m0/s1. The molecule has 3 atom stereocenters. The van der Waals surface area contributed by atoms with Crippen molar-refractivity contribution < 1.29 is 39.3 Å². The molecular formula is C13H22N4O8S2. The van der Waals surface area contributed by atoms with Crippen LogP contribution in [0.15, 0.2) is 0 Å². The first-order valence-electron chi connectivity index (χ1n) is 7.56. The van der Waals surface area contributed by atoms with Crippen LogP contribution in [0.1, 0.15) is 12.8 Å². The third kappa shape index (κ3) is 11.3. The number of carboxylic acid groups (broad SMARTS) is 3. The van der Waals surface area contributed by atoms with E-state index >= 15 is 0 Å². The monoisotopic (exact) mass is 426 g/mol. The van der Waals surface area contributed by atoms with Crippen LogP contribution in [0.2, 0.25) is 0 Å². The molecule has 0 heterocycles. The van der Waals surface area contributed by atoms with Crippen LogP contribution in [-0.2, 0) is 24.0 Å². The van der Waals surface area contributed by atoms with Gasteiger partial charge in [-0.05, 0) is 6.42 Å². The number of rotatable bonds is 14. The largest absolute Gasteiger partial charge is 0.480 e. The third-order valence-electron chi connectivity index (χ3n) is 3.01. The van der Waals surface area contributed by atoms with Crippen LogP contribution in [0.25, 0.3) is 0 Å². The van der Waals surface area contributed by atoms with Crippen molar-refractivity contribution in [2.75, 3.05) is 18.1 Å². The molecule has 0 aromatic carbocycles. The van der Waals surface area contributed by atoms with E-state index in [4.69, 9.17) is 21.1 Å². The molecule has 0 aliphatic rings. The van der Waals surface area contributed by atoms with Gasteiger partial charge in [-0.25, -0.2) is 4.72 Å². The second-order valence-corrected chi connectivity index (χ2v) is 6.44. The van der Waals surface area contributed by atoms with Gasteiger partial charge in [0.05, 0.1) is 0 Å². The minimum Gasteiger partial charge on any atom is -0.480 e. The Morgan fingerprint density at radius 3 is 2.15 bits per heavy atom. The smallest absolute Gasteiger partial charge is 0.322 e. The van der Waals surface area contributed by atoms with Crippen molar-refractivity contribution >= 4 is 54.3 Å². The molecular weight excluding hydrogens is 404 g/mol. The molecule has 154 valence electrons. The minimum absolute atomic E-state index is 0.0726. The van der Waals surface area contributed by atoms with E-state index in [-0.39, 0.29) is 24.3 Å². The lowest BCUT2D eigenvalue weighted by Gasteiger charge is -2.17. The van der Waals surface area contributed by atoms with Gasteiger partial charge in [0, 0.05) is 17.9 Å². The van der Waals surface area contributed by atoms with Gasteiger partial charge in [-0.1, -0.05) is 11.9 Å². The van der Waals surface area contributed by atoms with Crippen LogP contribution < -0.4 is 21.1 Å². The van der Waals surface area contributed by atoms with Crippen LogP contribution in [0.3, 0.4) is 0 Å². The maximum atomic E-state index is 11.9. The van der Waals surface area contributed by atoms with Crippen LogP contribution in [-0.4, -0.2) is 81.2 Å². The average Bonchev–Trinajstić information content (AvgIpc) is 2.59. The molecule has 12 nitrogen and oxygen atoms in total. The average molecular weight is 426 g/mol. The van der Waals surface area contributed by atoms with Gasteiger partial charge < -0.3 is 31.7 Å². The van der Waals surface area contributed by atoms with E-state index in [1.165, 1.54) is 0 Å². The molecule has 0 unspecified atom stereocenters. The minimum atomic E-state index is -1.25. The molecule has 0 aromatic rings. The molecule has 0 bridgehead atoms. The highest BCUT2D eigenvalue weighted by atomic mass is 32.2. The van der Waals surface area contributed by atoms with E-state index in [2.05, 4.69) is 28.0 Å². The van der Waals surface area contributed by atoms with Crippen molar-refractivity contribution in [2.24, 2.45) is 5.73 Å². The van der Waals surface area contributed by atoms with Crippen LogP contribution in [0, 0.1) is 0 Å². The van der Waals surface area contributed by atoms with Crippen molar-refractivity contribution in [3.05, 3.63) is 0 Å². The van der Waals surface area contributed by atoms with E-state index in [1.807, 2.05) is 0 Å². The summed E-state index contributed by atoms with van der Waals surface area (Å²) in [6, 6.07) is -3.38. The number of carbonyl (C=O) groups excluding carboxylic acids is 2. The van der Waals surface area contributed by atoms with Crippen LogP contribution in [0.4, 0.5) is 0 Å². The van der Waals surface area contributed by atoms with Gasteiger partial charge in [0.1, 0.15) is 24.7 Å². The molecule has 0 radical (unpaired) electrons. The van der Waals surface area contributed by atoms with Gasteiger partial charge in [-0.2, -0.15) is 12.6 Å². The maximum absolute atomic E-state index is 11.9. The zero-order valence-corrected chi connectivity index (χ0v) is 15.8. The first-order valence-corrected chi connectivity index (χ1v) is 9.18. The Balaban J connectivity index is 4.42. The van der Waals surface area contributed by atoms with Crippen molar-refractivity contribution in [2.45, 2.75) is 31.0 Å². The van der Waals surface area contributed by atoms with Gasteiger partial charge in [0.2, 0.25) is 11.8 Å².